The Kier molecular flexibility index (Phi) is 14.3. The van der Waals surface area contributed by atoms with Gasteiger partial charge in [0.25, 0.3) is 60.7 Å². The number of carbonyl (C=O) groups excluding carboxylic acids is 2. The Morgan fingerprint density at radius 2 is 0.884 bits per heavy atom. The highest BCUT2D eigenvalue weighted by atomic mass is 32.2. The largest absolute Gasteiger partial charge is 0.469 e. The third-order valence-electron chi connectivity index (χ3n) is 26.3. The molecule has 480 valence electrons. The summed E-state index contributed by atoms with van der Waals surface area (Å²) in [7, 11) is -18.4. The molecule has 0 aromatic rings. The van der Waals surface area contributed by atoms with E-state index < -0.39 is 103 Å². The third-order valence-corrected chi connectivity index (χ3v) is 37.8. The van der Waals surface area contributed by atoms with Crippen molar-refractivity contribution in [2.45, 2.75) is 180 Å². The molecule has 86 heavy (non-hydrogen) atoms. The fourth-order valence-corrected chi connectivity index (χ4v) is 34.1. The second-order valence-corrected chi connectivity index (χ2v) is 40.0. The van der Waals surface area contributed by atoms with Crippen LogP contribution in [0.15, 0.2) is 0 Å². The summed E-state index contributed by atoms with van der Waals surface area (Å²) < 4.78 is 178. The SMILES string of the molecule is CC1C2CC3C1OS(=O)(=O)C3(C#N)C2.CC1C2CC3C1OS(=O)(=O)C3(C)C2.CC1C2CC3C1OS(=O)(=O)C3C2C.CC1C2CC3C1OS(=O)(=O)C3C2C#N.COC(=O)C12CC3CC1C(OS2(=O)=O)C3C.COC(=O)C1C2CC3C(OS(=O)(=O)C31)C2C. The molecule has 0 N–H and O–H groups in total. The summed E-state index contributed by atoms with van der Waals surface area (Å²) in [4.78, 5) is 23.5. The average molecular weight is 1320 g/mol. The van der Waals surface area contributed by atoms with Gasteiger partial charge in [-0.05, 0) is 142 Å². The van der Waals surface area contributed by atoms with E-state index in [9.17, 15) is 60.1 Å². The van der Waals surface area contributed by atoms with Crippen LogP contribution in [-0.4, -0.2) is 143 Å². The molecule has 6 saturated heterocycles. The molecule has 0 amide bonds. The Morgan fingerprint density at radius 3 is 1.41 bits per heavy atom. The average Bonchev–Trinajstić information content (AvgIpc) is 1.56. The van der Waals surface area contributed by atoms with Crippen LogP contribution in [0, 0.1) is 147 Å². The minimum atomic E-state index is -3.81. The number of nitrogens with zero attached hydrogens (tertiary/aromatic N) is 2. The predicted octanol–water partition coefficient (Wildman–Crippen LogP) is 3.78. The maximum atomic E-state index is 12.0. The van der Waals surface area contributed by atoms with E-state index in [0.717, 1.165) is 44.9 Å². The van der Waals surface area contributed by atoms with E-state index in [-0.39, 0.29) is 113 Å². The number of nitriles is 2. The fourth-order valence-electron chi connectivity index (χ4n) is 21.9. The summed E-state index contributed by atoms with van der Waals surface area (Å²) in [5, 5.41) is 16.7. The second kappa shape index (κ2) is 19.7. The molecule has 33 atom stereocenters. The summed E-state index contributed by atoms with van der Waals surface area (Å²) in [6, 6.07) is 4.15. The lowest BCUT2D eigenvalue weighted by Crippen LogP contribution is -2.48. The van der Waals surface area contributed by atoms with Gasteiger partial charge in [-0.15, -0.1) is 0 Å². The molecule has 18 aliphatic rings. The van der Waals surface area contributed by atoms with Gasteiger partial charge in [0.15, 0.2) is 9.49 Å². The van der Waals surface area contributed by atoms with Crippen molar-refractivity contribution in [3.8, 4) is 12.1 Å². The Bertz CT molecular complexity index is 3710. The zero-order valence-corrected chi connectivity index (χ0v) is 54.4. The lowest BCUT2D eigenvalue weighted by Gasteiger charge is -2.28. The molecule has 6 aliphatic heterocycles. The van der Waals surface area contributed by atoms with E-state index in [0.29, 0.717) is 60.2 Å². The van der Waals surface area contributed by atoms with Crippen molar-refractivity contribution in [3.05, 3.63) is 0 Å². The maximum absolute atomic E-state index is 12.0. The van der Waals surface area contributed by atoms with Crippen molar-refractivity contribution >= 4 is 72.6 Å². The molecule has 12 aliphatic carbocycles. The number of hydrogen-bond acceptors (Lipinski definition) is 24. The molecule has 18 fully saturated rings. The molecule has 12 saturated carbocycles. The lowest BCUT2D eigenvalue weighted by molar-refractivity contribution is -0.148. The van der Waals surface area contributed by atoms with Crippen LogP contribution >= 0.6 is 0 Å². The molecule has 33 unspecified atom stereocenters. The highest BCUT2D eigenvalue weighted by Crippen LogP contribution is 2.67. The Labute approximate surface area is 505 Å². The summed E-state index contributed by atoms with van der Waals surface area (Å²) in [5.41, 5.74) is 0. The van der Waals surface area contributed by atoms with Crippen molar-refractivity contribution in [2.24, 2.45) is 124 Å². The summed E-state index contributed by atoms with van der Waals surface area (Å²) in [5.74, 6) is 2.66. The van der Waals surface area contributed by atoms with E-state index in [4.69, 9.17) is 40.4 Å². The number of esters is 2. The van der Waals surface area contributed by atoms with Gasteiger partial charge in [-0.1, -0.05) is 48.5 Å². The van der Waals surface area contributed by atoms with E-state index >= 15 is 0 Å². The van der Waals surface area contributed by atoms with Crippen molar-refractivity contribution in [2.75, 3.05) is 14.2 Å². The van der Waals surface area contributed by atoms with E-state index in [1.165, 1.54) is 14.2 Å². The standard InChI is InChI=1S/2C10H14O5S.2C9H11NO3S.2C9H14O3S/c1-5-6-3-7-8(5)15-16(12,13)10(7,4-6)9(11)14-2;1-4-5-3-6-8(4)15-16(12,13)9(6)7(5)10(11)14-2;1-5-6-2-7-8(5)13-14(11,12)9(7,3-6)4-10;1-4-5-2-6-8(4)13-14(11,12)9(6)7(5)3-10;1-5-6-3-7-8(5)12-13(10,11)9(7,2)4-6;1-4-6-3-7-8(4)12-13(10,11)9(7)5(6)2/h5-8H,3-4H2,1-2H3;4-9H,3H2,1-2H3;5-8H,2-3H2,1H3;4-9H,2H2,1H3;5-8H,3-4H2,1-2H3;4-9H,3H2,1-2H3. The van der Waals surface area contributed by atoms with Crippen LogP contribution in [0.3, 0.4) is 0 Å². The molecule has 24 nitrogen and oxygen atoms in total. The predicted molar refractivity (Wildman–Crippen MR) is 298 cm³/mol. The van der Waals surface area contributed by atoms with Crippen LogP contribution in [0.4, 0.5) is 0 Å². The van der Waals surface area contributed by atoms with Gasteiger partial charge in [0, 0.05) is 35.5 Å². The van der Waals surface area contributed by atoms with Crippen LogP contribution < -0.4 is 0 Å². The van der Waals surface area contributed by atoms with E-state index in [1.807, 2.05) is 40.7 Å². The molecule has 0 aromatic carbocycles. The van der Waals surface area contributed by atoms with Gasteiger partial charge in [0.05, 0.1) is 80.1 Å². The maximum Gasteiger partial charge on any atom is 0.330 e. The summed E-state index contributed by atoms with van der Waals surface area (Å²) in [6.07, 6.45) is 6.14. The van der Waals surface area contributed by atoms with Gasteiger partial charge in [-0.2, -0.15) is 61.0 Å². The number of ether oxygens (including phenoxy) is 2. The first-order valence-electron chi connectivity index (χ1n) is 30.5. The van der Waals surface area contributed by atoms with E-state index in [1.54, 1.807) is 0 Å². The summed E-state index contributed by atoms with van der Waals surface area (Å²) in [6.45, 7) is 16.2. The normalized spacial score (nSPS) is 56.7. The smallest absolute Gasteiger partial charge is 0.330 e. The van der Waals surface area contributed by atoms with Crippen LogP contribution in [0.5, 0.6) is 0 Å². The van der Waals surface area contributed by atoms with Gasteiger partial charge in [-0.3, -0.25) is 34.7 Å². The Morgan fingerprint density at radius 1 is 0.442 bits per heavy atom. The molecular formula is C56H78N2O22S6. The highest BCUT2D eigenvalue weighted by Gasteiger charge is 2.77. The van der Waals surface area contributed by atoms with Gasteiger partial charge >= 0.3 is 11.9 Å². The molecule has 30 heteroatoms. The fraction of sp³-hybridized carbons (Fsp3) is 0.929. The topological polar surface area (TPSA) is 360 Å². The number of fused-ring (bicyclic) bond motifs is 6. The molecule has 0 radical (unpaired) electrons. The molecule has 0 aromatic heterocycles. The highest BCUT2D eigenvalue weighted by molar-refractivity contribution is 7.90. The van der Waals surface area contributed by atoms with Gasteiger partial charge < -0.3 is 9.47 Å². The first-order valence-corrected chi connectivity index (χ1v) is 39.1. The van der Waals surface area contributed by atoms with Crippen molar-refractivity contribution in [3.63, 3.8) is 0 Å². The molecule has 12 bridgehead atoms. The molecule has 0 spiro atoms. The first-order chi connectivity index (χ1) is 40.0. The van der Waals surface area contributed by atoms with Gasteiger partial charge in [0.2, 0.25) is 0 Å². The number of rotatable bonds is 2. The summed E-state index contributed by atoms with van der Waals surface area (Å²) >= 11 is 0. The minimum absolute atomic E-state index is 0.00546. The van der Waals surface area contributed by atoms with Gasteiger partial charge in [-0.25, -0.2) is 0 Å². The molecular weight excluding hydrogens is 1250 g/mol. The zero-order chi connectivity index (χ0) is 62.4. The molecule has 18 rings (SSSR count). The third kappa shape index (κ3) is 8.00. The first kappa shape index (κ1) is 62.2. The minimum Gasteiger partial charge on any atom is -0.469 e. The monoisotopic (exact) mass is 1320 g/mol. The Hall–Kier alpha value is -2.62. The van der Waals surface area contributed by atoms with Crippen molar-refractivity contribution in [1.29, 1.82) is 10.5 Å². The lowest BCUT2D eigenvalue weighted by atomic mass is 9.80. The van der Waals surface area contributed by atoms with E-state index in [2.05, 4.69) is 31.6 Å². The van der Waals surface area contributed by atoms with Crippen LogP contribution in [-0.2, 0) is 105 Å². The zero-order valence-electron chi connectivity index (χ0n) is 49.5. The van der Waals surface area contributed by atoms with Crippen molar-refractivity contribution in [1.82, 2.24) is 0 Å². The van der Waals surface area contributed by atoms with Crippen LogP contribution in [0.2, 0.25) is 0 Å². The second-order valence-electron chi connectivity index (χ2n) is 29.1. The van der Waals surface area contributed by atoms with Crippen LogP contribution in [0.25, 0.3) is 0 Å². The molecule has 6 heterocycles. The number of methoxy groups -OCH3 is 2. The quantitative estimate of drug-likeness (QED) is 0.280. The van der Waals surface area contributed by atoms with Gasteiger partial charge in [0.1, 0.15) is 15.2 Å². The van der Waals surface area contributed by atoms with Crippen molar-refractivity contribution < 1.29 is 94.7 Å². The van der Waals surface area contributed by atoms with Crippen LogP contribution in [0.1, 0.15) is 113 Å². The number of carbonyl (C=O) groups is 2. The number of hydrogen-bond donors (Lipinski definition) is 0. The Balaban J connectivity index is 0.0000000959.